The molecule has 2 rings (SSSR count). The predicted octanol–water partition coefficient (Wildman–Crippen LogP) is 2.47. The fourth-order valence-electron chi connectivity index (χ4n) is 2.58. The molecule has 0 radical (unpaired) electrons. The zero-order valence-corrected chi connectivity index (χ0v) is 19.7. The van der Waals surface area contributed by atoms with Crippen molar-refractivity contribution in [3.63, 3.8) is 0 Å². The van der Waals surface area contributed by atoms with Crippen molar-refractivity contribution < 1.29 is 23.0 Å². The number of nitrogens with zero attached hydrogens (tertiary/aromatic N) is 4. The highest BCUT2D eigenvalue weighted by Gasteiger charge is 2.30. The SMILES string of the molecule is CCNC(=NCC(O)COc1cccc(C(F)(F)F)c1)NCCn1cnnc1CC.I. The zero-order chi connectivity index (χ0) is 22.0. The van der Waals surface area contributed by atoms with Gasteiger partial charge in [-0.15, -0.1) is 34.2 Å². The van der Waals surface area contributed by atoms with E-state index in [2.05, 4.69) is 25.8 Å². The largest absolute Gasteiger partial charge is 0.491 e. The molecule has 1 heterocycles. The molecule has 0 spiro atoms. The number of hydrogen-bond donors (Lipinski definition) is 3. The first-order chi connectivity index (χ1) is 14.3. The lowest BCUT2D eigenvalue weighted by molar-refractivity contribution is -0.137. The van der Waals surface area contributed by atoms with Gasteiger partial charge in [-0.2, -0.15) is 13.2 Å². The van der Waals surface area contributed by atoms with E-state index >= 15 is 0 Å². The molecule has 1 aromatic heterocycles. The number of aryl methyl sites for hydroxylation is 1. The molecule has 0 saturated carbocycles. The van der Waals surface area contributed by atoms with E-state index in [0.29, 0.717) is 25.6 Å². The van der Waals surface area contributed by atoms with Crippen LogP contribution >= 0.6 is 24.0 Å². The van der Waals surface area contributed by atoms with Crippen molar-refractivity contribution in [3.8, 4) is 5.75 Å². The van der Waals surface area contributed by atoms with Crippen molar-refractivity contribution in [2.75, 3.05) is 26.2 Å². The van der Waals surface area contributed by atoms with Gasteiger partial charge in [0.15, 0.2) is 5.96 Å². The molecule has 0 bridgehead atoms. The van der Waals surface area contributed by atoms with Gasteiger partial charge in [0.1, 0.15) is 30.6 Å². The molecule has 2 aromatic rings. The summed E-state index contributed by atoms with van der Waals surface area (Å²) < 4.78 is 45.4. The number of aliphatic imine (C=N–C) groups is 1. The quantitative estimate of drug-likeness (QED) is 0.237. The first-order valence-electron chi connectivity index (χ1n) is 9.70. The van der Waals surface area contributed by atoms with Crippen LogP contribution in [0.2, 0.25) is 0 Å². The Morgan fingerprint density at radius 3 is 2.74 bits per heavy atom. The Hall–Kier alpha value is -2.09. The van der Waals surface area contributed by atoms with E-state index in [1.54, 1.807) is 6.33 Å². The van der Waals surface area contributed by atoms with E-state index in [1.807, 2.05) is 18.4 Å². The first-order valence-corrected chi connectivity index (χ1v) is 9.70. The van der Waals surface area contributed by atoms with Gasteiger partial charge in [-0.3, -0.25) is 4.99 Å². The van der Waals surface area contributed by atoms with Gasteiger partial charge < -0.3 is 25.0 Å². The van der Waals surface area contributed by atoms with Crippen LogP contribution in [0.3, 0.4) is 0 Å². The minimum Gasteiger partial charge on any atom is -0.491 e. The molecule has 0 amide bonds. The van der Waals surface area contributed by atoms with Crippen LogP contribution in [-0.2, 0) is 19.1 Å². The lowest BCUT2D eigenvalue weighted by Crippen LogP contribution is -2.39. The average molecular weight is 556 g/mol. The summed E-state index contributed by atoms with van der Waals surface area (Å²) in [6.07, 6.45) is -2.97. The van der Waals surface area contributed by atoms with Gasteiger partial charge in [0.25, 0.3) is 0 Å². The number of aliphatic hydroxyl groups is 1. The van der Waals surface area contributed by atoms with E-state index in [-0.39, 0.29) is 42.9 Å². The van der Waals surface area contributed by atoms with Gasteiger partial charge in [-0.05, 0) is 25.1 Å². The summed E-state index contributed by atoms with van der Waals surface area (Å²) in [4.78, 5) is 4.29. The topological polar surface area (TPSA) is 96.6 Å². The van der Waals surface area contributed by atoms with Crippen LogP contribution in [0.25, 0.3) is 0 Å². The summed E-state index contributed by atoms with van der Waals surface area (Å²) in [5, 5.41) is 24.2. The van der Waals surface area contributed by atoms with Crippen LogP contribution < -0.4 is 15.4 Å². The highest BCUT2D eigenvalue weighted by molar-refractivity contribution is 14.0. The fourth-order valence-corrected chi connectivity index (χ4v) is 2.58. The number of alkyl halides is 3. The van der Waals surface area contributed by atoms with Crippen molar-refractivity contribution >= 4 is 29.9 Å². The molecule has 8 nitrogen and oxygen atoms in total. The standard InChI is InChI=1S/C19H27F3N6O2.HI/c1-3-17-27-26-13-28(17)9-8-24-18(23-4-2)25-11-15(29)12-30-16-7-5-6-14(10-16)19(20,21)22;/h5-7,10,13,15,29H,3-4,8-9,11-12H2,1-2H3,(H2,23,24,25);1H. The molecule has 1 atom stereocenters. The summed E-state index contributed by atoms with van der Waals surface area (Å²) in [7, 11) is 0. The maximum Gasteiger partial charge on any atom is 0.416 e. The van der Waals surface area contributed by atoms with Crippen LogP contribution in [0.15, 0.2) is 35.6 Å². The summed E-state index contributed by atoms with van der Waals surface area (Å²) in [5.41, 5.74) is -0.800. The predicted molar refractivity (Wildman–Crippen MR) is 122 cm³/mol. The average Bonchev–Trinajstić information content (AvgIpc) is 3.17. The third kappa shape index (κ3) is 9.29. The maximum atomic E-state index is 12.7. The van der Waals surface area contributed by atoms with Crippen LogP contribution in [0.1, 0.15) is 25.2 Å². The lowest BCUT2D eigenvalue weighted by atomic mass is 10.2. The van der Waals surface area contributed by atoms with Gasteiger partial charge >= 0.3 is 6.18 Å². The third-order valence-electron chi connectivity index (χ3n) is 4.07. The molecular weight excluding hydrogens is 528 g/mol. The molecule has 1 aromatic carbocycles. The van der Waals surface area contributed by atoms with Crippen molar-refractivity contribution in [1.29, 1.82) is 0 Å². The van der Waals surface area contributed by atoms with Crippen LogP contribution in [0.5, 0.6) is 5.75 Å². The highest BCUT2D eigenvalue weighted by atomic mass is 127. The van der Waals surface area contributed by atoms with Crippen LogP contribution in [-0.4, -0.2) is 58.2 Å². The molecule has 0 aliphatic heterocycles. The summed E-state index contributed by atoms with van der Waals surface area (Å²) in [6, 6.07) is 4.53. The van der Waals surface area contributed by atoms with E-state index in [4.69, 9.17) is 4.74 Å². The molecule has 12 heteroatoms. The molecule has 174 valence electrons. The number of aromatic nitrogens is 3. The van der Waals surface area contributed by atoms with E-state index in [0.717, 1.165) is 24.4 Å². The molecule has 0 fully saturated rings. The van der Waals surface area contributed by atoms with Crippen LogP contribution in [0, 0.1) is 0 Å². The second-order valence-electron chi connectivity index (χ2n) is 6.43. The number of rotatable bonds is 10. The fraction of sp³-hybridized carbons (Fsp3) is 0.526. The summed E-state index contributed by atoms with van der Waals surface area (Å²) in [5.74, 6) is 1.45. The molecule has 0 saturated heterocycles. The number of guanidine groups is 1. The van der Waals surface area contributed by atoms with Crippen molar-refractivity contribution in [3.05, 3.63) is 42.0 Å². The minimum absolute atomic E-state index is 0. The first kappa shape index (κ1) is 26.9. The number of hydrogen-bond acceptors (Lipinski definition) is 5. The van der Waals surface area contributed by atoms with Gasteiger partial charge in [0, 0.05) is 26.1 Å². The Bertz CT molecular complexity index is 816. The normalized spacial score (nSPS) is 12.8. The highest BCUT2D eigenvalue weighted by Crippen LogP contribution is 2.31. The van der Waals surface area contributed by atoms with E-state index in [9.17, 15) is 18.3 Å². The van der Waals surface area contributed by atoms with Gasteiger partial charge in [-0.1, -0.05) is 13.0 Å². The molecule has 3 N–H and O–H groups in total. The number of aliphatic hydroxyl groups excluding tert-OH is 1. The maximum absolute atomic E-state index is 12.7. The van der Waals surface area contributed by atoms with Crippen molar-refractivity contribution in [1.82, 2.24) is 25.4 Å². The van der Waals surface area contributed by atoms with E-state index < -0.39 is 17.8 Å². The number of benzene rings is 1. The molecule has 1 unspecified atom stereocenters. The molecular formula is C19H28F3IN6O2. The monoisotopic (exact) mass is 556 g/mol. The Balaban J connectivity index is 0.00000480. The Kier molecular flexibility index (Phi) is 11.6. The Labute approximate surface area is 196 Å². The Morgan fingerprint density at radius 1 is 1.29 bits per heavy atom. The summed E-state index contributed by atoms with van der Waals surface area (Å²) >= 11 is 0. The van der Waals surface area contributed by atoms with Crippen LogP contribution in [0.4, 0.5) is 13.2 Å². The number of ether oxygens (including phenoxy) is 1. The molecule has 0 aliphatic carbocycles. The number of halogens is 4. The third-order valence-corrected chi connectivity index (χ3v) is 4.07. The number of nitrogens with one attached hydrogen (secondary N) is 2. The minimum atomic E-state index is -4.45. The van der Waals surface area contributed by atoms with E-state index in [1.165, 1.54) is 12.1 Å². The lowest BCUT2D eigenvalue weighted by Gasteiger charge is -2.15. The van der Waals surface area contributed by atoms with Gasteiger partial charge in [0.2, 0.25) is 0 Å². The Morgan fingerprint density at radius 2 is 2.06 bits per heavy atom. The zero-order valence-electron chi connectivity index (χ0n) is 17.4. The smallest absolute Gasteiger partial charge is 0.416 e. The second kappa shape index (κ2) is 13.3. The van der Waals surface area contributed by atoms with Crippen molar-refractivity contribution in [2.24, 2.45) is 4.99 Å². The van der Waals surface area contributed by atoms with Gasteiger partial charge in [0.05, 0.1) is 12.1 Å². The molecule has 31 heavy (non-hydrogen) atoms. The summed E-state index contributed by atoms with van der Waals surface area (Å²) in [6.45, 7) is 5.64. The molecule has 0 aliphatic rings. The second-order valence-corrected chi connectivity index (χ2v) is 6.43. The van der Waals surface area contributed by atoms with Crippen molar-refractivity contribution in [2.45, 2.75) is 39.1 Å². The van der Waals surface area contributed by atoms with Gasteiger partial charge in [-0.25, -0.2) is 0 Å².